The van der Waals surface area contributed by atoms with E-state index in [9.17, 15) is 9.59 Å². The van der Waals surface area contributed by atoms with Crippen LogP contribution in [-0.2, 0) is 17.9 Å². The second-order valence-corrected chi connectivity index (χ2v) is 7.82. The lowest BCUT2D eigenvalue weighted by Crippen LogP contribution is -2.24. The Bertz CT molecular complexity index is 1330. The van der Waals surface area contributed by atoms with Crippen molar-refractivity contribution in [3.63, 3.8) is 0 Å². The molecule has 2 aromatic heterocycles. The summed E-state index contributed by atoms with van der Waals surface area (Å²) in [6, 6.07) is 20.1. The predicted molar refractivity (Wildman–Crippen MR) is 128 cm³/mol. The molecule has 3 N–H and O–H groups in total. The number of rotatable bonds is 7. The molecule has 0 radical (unpaired) electrons. The molecule has 0 unspecified atom stereocenters. The van der Waals surface area contributed by atoms with Crippen molar-refractivity contribution in [1.82, 2.24) is 25.1 Å². The lowest BCUT2D eigenvalue weighted by molar-refractivity contribution is -0.116. The largest absolute Gasteiger partial charge is 0.346 e. The van der Waals surface area contributed by atoms with Gasteiger partial charge in [0.05, 0.1) is 12.2 Å². The number of benzene rings is 2. The van der Waals surface area contributed by atoms with Crippen LogP contribution in [0.25, 0.3) is 11.4 Å². The Morgan fingerprint density at radius 1 is 1.06 bits per heavy atom. The Morgan fingerprint density at radius 3 is 2.64 bits per heavy atom. The number of carbonyl (C=O) groups is 2. The van der Waals surface area contributed by atoms with Gasteiger partial charge in [-0.05, 0) is 49.5 Å². The van der Waals surface area contributed by atoms with Gasteiger partial charge in [-0.15, -0.1) is 0 Å². The van der Waals surface area contributed by atoms with Crippen LogP contribution in [0.3, 0.4) is 0 Å². The molecule has 4 rings (SSSR count). The van der Waals surface area contributed by atoms with Crippen LogP contribution in [0.15, 0.2) is 72.9 Å². The number of nitrogens with zero attached hydrogens (tertiary/aromatic N) is 3. The summed E-state index contributed by atoms with van der Waals surface area (Å²) in [5.74, 6) is 0.0418. The summed E-state index contributed by atoms with van der Waals surface area (Å²) >= 11 is 5.31. The molecule has 2 amide bonds. The lowest BCUT2D eigenvalue weighted by atomic mass is 10.1. The zero-order chi connectivity index (χ0) is 23.2. The van der Waals surface area contributed by atoms with E-state index < -0.39 is 0 Å². The Labute approximate surface area is 195 Å². The molecular weight excluding hydrogens is 436 g/mol. The van der Waals surface area contributed by atoms with Gasteiger partial charge in [0, 0.05) is 23.0 Å². The molecular formula is C24H22N6O2S. The second-order valence-electron chi connectivity index (χ2n) is 7.44. The highest BCUT2D eigenvalue weighted by molar-refractivity contribution is 7.71. The average Bonchev–Trinajstić information content (AvgIpc) is 3.18. The van der Waals surface area contributed by atoms with Crippen LogP contribution in [0.2, 0.25) is 0 Å². The fourth-order valence-electron chi connectivity index (χ4n) is 3.25. The lowest BCUT2D eigenvalue weighted by Gasteiger charge is -2.10. The quantitative estimate of drug-likeness (QED) is 0.365. The Kier molecular flexibility index (Phi) is 6.70. The van der Waals surface area contributed by atoms with Gasteiger partial charge < -0.3 is 10.6 Å². The minimum Gasteiger partial charge on any atom is -0.346 e. The Morgan fingerprint density at radius 2 is 1.88 bits per heavy atom. The Balaban J connectivity index is 1.42. The molecule has 2 heterocycles. The maximum absolute atomic E-state index is 12.7. The first-order valence-corrected chi connectivity index (χ1v) is 10.7. The highest BCUT2D eigenvalue weighted by Crippen LogP contribution is 2.18. The van der Waals surface area contributed by atoms with Crippen molar-refractivity contribution in [3.05, 3.63) is 94.5 Å². The molecule has 8 nitrogen and oxygen atoms in total. The van der Waals surface area contributed by atoms with Crippen LogP contribution < -0.4 is 10.6 Å². The molecule has 0 spiro atoms. The third-order valence-electron chi connectivity index (χ3n) is 4.93. The topological polar surface area (TPSA) is 105 Å². The van der Waals surface area contributed by atoms with Crippen LogP contribution in [0.4, 0.5) is 5.69 Å². The van der Waals surface area contributed by atoms with Gasteiger partial charge in [-0.3, -0.25) is 24.2 Å². The summed E-state index contributed by atoms with van der Waals surface area (Å²) in [5.41, 5.74) is 3.69. The zero-order valence-corrected chi connectivity index (χ0v) is 18.7. The summed E-state index contributed by atoms with van der Waals surface area (Å²) in [4.78, 5) is 29.4. The first kappa shape index (κ1) is 22.1. The highest BCUT2D eigenvalue weighted by atomic mass is 32.1. The molecule has 2 aromatic carbocycles. The molecule has 0 aliphatic rings. The second kappa shape index (κ2) is 10.0. The number of aromatic amines is 1. The molecule has 9 heteroatoms. The number of H-pyrrole nitrogens is 1. The van der Waals surface area contributed by atoms with Crippen molar-refractivity contribution in [2.75, 3.05) is 5.32 Å². The standard InChI is InChI=1S/C24H22N6O2S/c1-16-8-10-17(11-9-16)22-28-29-24(33)30(22)15-21(31)27-19-7-4-5-18(13-19)23(32)26-14-20-6-2-3-12-25-20/h2-13H,14-15H2,1H3,(H,26,32)(H,27,31)(H,29,33). The zero-order valence-electron chi connectivity index (χ0n) is 17.9. The predicted octanol–water partition coefficient (Wildman–Crippen LogP) is 3.88. The maximum Gasteiger partial charge on any atom is 0.251 e. The van der Waals surface area contributed by atoms with Crippen molar-refractivity contribution in [1.29, 1.82) is 0 Å². The number of amides is 2. The molecule has 0 aliphatic heterocycles. The fraction of sp³-hybridized carbons (Fsp3) is 0.125. The van der Waals surface area contributed by atoms with Crippen LogP contribution in [0.1, 0.15) is 21.6 Å². The maximum atomic E-state index is 12.7. The number of aryl methyl sites for hydroxylation is 1. The molecule has 0 fully saturated rings. The minimum absolute atomic E-state index is 0.0192. The molecule has 0 aliphatic carbocycles. The summed E-state index contributed by atoms with van der Waals surface area (Å²) in [7, 11) is 0. The van der Waals surface area contributed by atoms with Gasteiger partial charge in [0.1, 0.15) is 6.54 Å². The van der Waals surface area contributed by atoms with Gasteiger partial charge in [0.2, 0.25) is 5.91 Å². The van der Waals surface area contributed by atoms with E-state index in [0.29, 0.717) is 28.4 Å². The number of aromatic nitrogens is 4. The number of anilines is 1. The van der Waals surface area contributed by atoms with E-state index in [2.05, 4.69) is 25.8 Å². The van der Waals surface area contributed by atoms with Gasteiger partial charge in [-0.2, -0.15) is 5.10 Å². The van der Waals surface area contributed by atoms with E-state index in [4.69, 9.17) is 12.2 Å². The number of hydrogen-bond donors (Lipinski definition) is 3. The van der Waals surface area contributed by atoms with Crippen LogP contribution in [0.5, 0.6) is 0 Å². The van der Waals surface area contributed by atoms with E-state index in [1.54, 1.807) is 35.0 Å². The van der Waals surface area contributed by atoms with Crippen molar-refractivity contribution in [3.8, 4) is 11.4 Å². The monoisotopic (exact) mass is 458 g/mol. The molecule has 0 saturated heterocycles. The number of pyridine rings is 1. The van der Waals surface area contributed by atoms with Gasteiger partial charge in [0.25, 0.3) is 5.91 Å². The van der Waals surface area contributed by atoms with E-state index in [1.807, 2.05) is 49.4 Å². The van der Waals surface area contributed by atoms with Crippen molar-refractivity contribution < 1.29 is 9.59 Å². The molecule has 166 valence electrons. The van der Waals surface area contributed by atoms with Crippen molar-refractivity contribution >= 4 is 29.7 Å². The number of carbonyl (C=O) groups excluding carboxylic acids is 2. The van der Waals surface area contributed by atoms with Gasteiger partial charge in [0.15, 0.2) is 10.6 Å². The average molecular weight is 459 g/mol. The molecule has 33 heavy (non-hydrogen) atoms. The summed E-state index contributed by atoms with van der Waals surface area (Å²) in [5, 5.41) is 12.7. The van der Waals surface area contributed by atoms with E-state index in [-0.39, 0.29) is 18.4 Å². The van der Waals surface area contributed by atoms with Gasteiger partial charge in [-0.25, -0.2) is 0 Å². The van der Waals surface area contributed by atoms with Crippen molar-refractivity contribution in [2.24, 2.45) is 0 Å². The first-order chi connectivity index (χ1) is 16.0. The highest BCUT2D eigenvalue weighted by Gasteiger charge is 2.13. The van der Waals surface area contributed by atoms with Crippen LogP contribution in [-0.4, -0.2) is 31.6 Å². The molecule has 0 atom stereocenters. The first-order valence-electron chi connectivity index (χ1n) is 10.3. The van der Waals surface area contributed by atoms with Crippen molar-refractivity contribution in [2.45, 2.75) is 20.0 Å². The van der Waals surface area contributed by atoms with Gasteiger partial charge >= 0.3 is 0 Å². The van der Waals surface area contributed by atoms with Crippen LogP contribution in [0, 0.1) is 11.7 Å². The summed E-state index contributed by atoms with van der Waals surface area (Å²) in [6.07, 6.45) is 1.67. The minimum atomic E-state index is -0.285. The summed E-state index contributed by atoms with van der Waals surface area (Å²) < 4.78 is 1.99. The normalized spacial score (nSPS) is 10.6. The fourth-order valence-corrected chi connectivity index (χ4v) is 3.44. The van der Waals surface area contributed by atoms with E-state index >= 15 is 0 Å². The molecule has 0 saturated carbocycles. The molecule has 0 bridgehead atoms. The number of hydrogen-bond acceptors (Lipinski definition) is 5. The third kappa shape index (κ3) is 5.58. The summed E-state index contributed by atoms with van der Waals surface area (Å²) in [6.45, 7) is 2.30. The van der Waals surface area contributed by atoms with E-state index in [1.165, 1.54) is 0 Å². The third-order valence-corrected chi connectivity index (χ3v) is 5.25. The smallest absolute Gasteiger partial charge is 0.251 e. The molecule has 4 aromatic rings. The SMILES string of the molecule is Cc1ccc(-c2n[nH]c(=S)n2CC(=O)Nc2cccc(C(=O)NCc3ccccn3)c2)cc1. The number of nitrogens with one attached hydrogen (secondary N) is 3. The van der Waals surface area contributed by atoms with Gasteiger partial charge in [-0.1, -0.05) is 42.0 Å². The Hall–Kier alpha value is -4.11. The van der Waals surface area contributed by atoms with Crippen LogP contribution >= 0.6 is 12.2 Å². The van der Waals surface area contributed by atoms with E-state index in [0.717, 1.165) is 16.8 Å².